The van der Waals surface area contributed by atoms with Crippen LogP contribution in [-0.4, -0.2) is 34.5 Å². The third-order valence-electron chi connectivity index (χ3n) is 2.85. The fourth-order valence-electron chi connectivity index (χ4n) is 1.95. The lowest BCUT2D eigenvalue weighted by molar-refractivity contribution is 0.145. The number of hydrogen-bond donors (Lipinski definition) is 2. The highest BCUT2D eigenvalue weighted by Gasteiger charge is 2.19. The normalized spacial score (nSPS) is 18.9. The van der Waals surface area contributed by atoms with Crippen molar-refractivity contribution in [1.82, 2.24) is 10.2 Å². The summed E-state index contributed by atoms with van der Waals surface area (Å²) < 4.78 is 0. The van der Waals surface area contributed by atoms with Crippen LogP contribution in [0.25, 0.3) is 0 Å². The standard InChI is InChI=1S/C10H17N3O/c1-2-9-10(7-11-12-9)13-5-3-8(14)4-6-13/h7-8,14H,2-6H2,1H3,(H,11,12). The number of aromatic nitrogens is 2. The van der Waals surface area contributed by atoms with Gasteiger partial charge in [0.15, 0.2) is 0 Å². The SMILES string of the molecule is CCc1[nH]ncc1N1CCC(O)CC1. The number of nitrogens with zero attached hydrogens (tertiary/aromatic N) is 2. The Balaban J connectivity index is 2.08. The third-order valence-corrected chi connectivity index (χ3v) is 2.85. The van der Waals surface area contributed by atoms with Crippen LogP contribution in [0.5, 0.6) is 0 Å². The van der Waals surface area contributed by atoms with Gasteiger partial charge in [-0.25, -0.2) is 0 Å². The molecule has 0 spiro atoms. The fraction of sp³-hybridized carbons (Fsp3) is 0.700. The van der Waals surface area contributed by atoms with E-state index < -0.39 is 0 Å². The highest BCUT2D eigenvalue weighted by molar-refractivity contribution is 5.49. The predicted molar refractivity (Wildman–Crippen MR) is 55.4 cm³/mol. The summed E-state index contributed by atoms with van der Waals surface area (Å²) in [6.45, 7) is 4.00. The first kappa shape index (κ1) is 9.52. The Kier molecular flexibility index (Phi) is 2.72. The van der Waals surface area contributed by atoms with Crippen molar-refractivity contribution < 1.29 is 5.11 Å². The maximum atomic E-state index is 9.40. The highest BCUT2D eigenvalue weighted by atomic mass is 16.3. The van der Waals surface area contributed by atoms with Crippen LogP contribution < -0.4 is 4.90 Å². The van der Waals surface area contributed by atoms with Crippen LogP contribution in [0.2, 0.25) is 0 Å². The Labute approximate surface area is 83.9 Å². The summed E-state index contributed by atoms with van der Waals surface area (Å²) in [7, 11) is 0. The minimum atomic E-state index is -0.108. The van der Waals surface area contributed by atoms with E-state index in [0.717, 1.165) is 32.4 Å². The van der Waals surface area contributed by atoms with Crippen molar-refractivity contribution in [2.75, 3.05) is 18.0 Å². The van der Waals surface area contributed by atoms with E-state index in [1.807, 2.05) is 6.20 Å². The van der Waals surface area contributed by atoms with Crippen molar-refractivity contribution >= 4 is 5.69 Å². The smallest absolute Gasteiger partial charge is 0.0782 e. The molecule has 0 atom stereocenters. The molecule has 1 aliphatic rings. The molecule has 0 amide bonds. The van der Waals surface area contributed by atoms with Gasteiger partial charge in [0, 0.05) is 13.1 Å². The van der Waals surface area contributed by atoms with Crippen LogP contribution >= 0.6 is 0 Å². The molecule has 0 aromatic carbocycles. The van der Waals surface area contributed by atoms with Gasteiger partial charge in [0.05, 0.1) is 23.7 Å². The molecule has 4 nitrogen and oxygen atoms in total. The van der Waals surface area contributed by atoms with Crippen molar-refractivity contribution in [1.29, 1.82) is 0 Å². The second-order valence-electron chi connectivity index (χ2n) is 3.81. The van der Waals surface area contributed by atoms with Crippen molar-refractivity contribution in [2.24, 2.45) is 0 Å². The van der Waals surface area contributed by atoms with Gasteiger partial charge in [-0.3, -0.25) is 5.10 Å². The van der Waals surface area contributed by atoms with E-state index in [1.165, 1.54) is 11.4 Å². The van der Waals surface area contributed by atoms with Gasteiger partial charge in [0.2, 0.25) is 0 Å². The summed E-state index contributed by atoms with van der Waals surface area (Å²) in [6.07, 6.45) is 4.50. The number of rotatable bonds is 2. The number of H-pyrrole nitrogens is 1. The zero-order chi connectivity index (χ0) is 9.97. The van der Waals surface area contributed by atoms with E-state index in [4.69, 9.17) is 0 Å². The number of aryl methyl sites for hydroxylation is 1. The lowest BCUT2D eigenvalue weighted by Crippen LogP contribution is -2.36. The molecule has 1 aromatic heterocycles. The monoisotopic (exact) mass is 195 g/mol. The van der Waals surface area contributed by atoms with Crippen LogP contribution in [0.3, 0.4) is 0 Å². The molecule has 2 rings (SSSR count). The molecule has 0 unspecified atom stereocenters. The molecule has 2 N–H and O–H groups in total. The molecule has 14 heavy (non-hydrogen) atoms. The second kappa shape index (κ2) is 4.00. The highest BCUT2D eigenvalue weighted by Crippen LogP contribution is 2.22. The molecule has 1 aliphatic heterocycles. The number of nitrogens with one attached hydrogen (secondary N) is 1. The van der Waals surface area contributed by atoms with Crippen molar-refractivity contribution in [3.05, 3.63) is 11.9 Å². The molecular weight excluding hydrogens is 178 g/mol. The van der Waals surface area contributed by atoms with E-state index in [2.05, 4.69) is 22.0 Å². The van der Waals surface area contributed by atoms with Crippen LogP contribution in [0.15, 0.2) is 6.20 Å². The number of hydrogen-bond acceptors (Lipinski definition) is 3. The molecule has 1 aromatic rings. The zero-order valence-electron chi connectivity index (χ0n) is 8.53. The summed E-state index contributed by atoms with van der Waals surface area (Å²) in [4.78, 5) is 2.30. The number of aromatic amines is 1. The summed E-state index contributed by atoms with van der Waals surface area (Å²) in [5.41, 5.74) is 2.40. The topological polar surface area (TPSA) is 52.2 Å². The fourth-order valence-corrected chi connectivity index (χ4v) is 1.95. The lowest BCUT2D eigenvalue weighted by atomic mass is 10.1. The second-order valence-corrected chi connectivity index (χ2v) is 3.81. The van der Waals surface area contributed by atoms with Gasteiger partial charge in [0.25, 0.3) is 0 Å². The largest absolute Gasteiger partial charge is 0.393 e. The molecule has 0 bridgehead atoms. The van der Waals surface area contributed by atoms with Crippen molar-refractivity contribution in [3.8, 4) is 0 Å². The minimum absolute atomic E-state index is 0.108. The summed E-state index contributed by atoms with van der Waals surface area (Å²) in [5, 5.41) is 16.5. The Bertz CT molecular complexity index is 289. The Hall–Kier alpha value is -1.03. The Morgan fingerprint density at radius 3 is 2.93 bits per heavy atom. The summed E-state index contributed by atoms with van der Waals surface area (Å²) in [6, 6.07) is 0. The van der Waals surface area contributed by atoms with Crippen LogP contribution in [0.1, 0.15) is 25.5 Å². The van der Waals surface area contributed by atoms with Gasteiger partial charge in [-0.15, -0.1) is 0 Å². The number of aliphatic hydroxyl groups is 1. The molecule has 2 heterocycles. The van der Waals surface area contributed by atoms with Crippen LogP contribution in [-0.2, 0) is 6.42 Å². The van der Waals surface area contributed by atoms with Crippen molar-refractivity contribution in [2.45, 2.75) is 32.3 Å². The van der Waals surface area contributed by atoms with Crippen molar-refractivity contribution in [3.63, 3.8) is 0 Å². The van der Waals surface area contributed by atoms with E-state index in [0.29, 0.717) is 0 Å². The van der Waals surface area contributed by atoms with Crippen LogP contribution in [0.4, 0.5) is 5.69 Å². The zero-order valence-corrected chi connectivity index (χ0v) is 8.53. The molecule has 0 radical (unpaired) electrons. The summed E-state index contributed by atoms with van der Waals surface area (Å²) in [5.74, 6) is 0. The Morgan fingerprint density at radius 2 is 2.29 bits per heavy atom. The lowest BCUT2D eigenvalue weighted by Gasteiger charge is -2.31. The molecule has 1 saturated heterocycles. The number of piperidine rings is 1. The average Bonchev–Trinajstić information content (AvgIpc) is 2.67. The van der Waals surface area contributed by atoms with E-state index >= 15 is 0 Å². The van der Waals surface area contributed by atoms with Gasteiger partial charge in [0.1, 0.15) is 0 Å². The average molecular weight is 195 g/mol. The molecule has 1 fully saturated rings. The maximum absolute atomic E-state index is 9.40. The van der Waals surface area contributed by atoms with E-state index in [9.17, 15) is 5.11 Å². The summed E-state index contributed by atoms with van der Waals surface area (Å²) >= 11 is 0. The van der Waals surface area contributed by atoms with Gasteiger partial charge < -0.3 is 10.0 Å². The first-order valence-electron chi connectivity index (χ1n) is 5.26. The van der Waals surface area contributed by atoms with Gasteiger partial charge in [-0.05, 0) is 19.3 Å². The first-order valence-corrected chi connectivity index (χ1v) is 5.26. The first-order chi connectivity index (χ1) is 6.81. The molecule has 0 aliphatic carbocycles. The molecule has 4 heteroatoms. The number of aliphatic hydroxyl groups excluding tert-OH is 1. The Morgan fingerprint density at radius 1 is 1.57 bits per heavy atom. The molecule has 78 valence electrons. The quantitative estimate of drug-likeness (QED) is 0.738. The molecule has 0 saturated carbocycles. The van der Waals surface area contributed by atoms with Gasteiger partial charge in [-0.2, -0.15) is 5.10 Å². The van der Waals surface area contributed by atoms with E-state index in [-0.39, 0.29) is 6.10 Å². The van der Waals surface area contributed by atoms with E-state index in [1.54, 1.807) is 0 Å². The third kappa shape index (κ3) is 1.75. The van der Waals surface area contributed by atoms with Crippen LogP contribution in [0, 0.1) is 0 Å². The number of anilines is 1. The molecular formula is C10H17N3O. The predicted octanol–water partition coefficient (Wildman–Crippen LogP) is 0.933. The maximum Gasteiger partial charge on any atom is 0.0782 e. The van der Waals surface area contributed by atoms with Gasteiger partial charge in [-0.1, -0.05) is 6.92 Å². The minimum Gasteiger partial charge on any atom is -0.393 e. The van der Waals surface area contributed by atoms with Gasteiger partial charge >= 0.3 is 0 Å².